The summed E-state index contributed by atoms with van der Waals surface area (Å²) in [7, 11) is 0. The summed E-state index contributed by atoms with van der Waals surface area (Å²) in [6.45, 7) is 2.96. The number of rotatable bonds is 6. The lowest BCUT2D eigenvalue weighted by molar-refractivity contribution is -0.0475. The third-order valence-electron chi connectivity index (χ3n) is 3.58. The summed E-state index contributed by atoms with van der Waals surface area (Å²) in [4.78, 5) is 0. The first-order valence-electron chi connectivity index (χ1n) is 7.32. The average molecular weight is 322 g/mol. The molecule has 0 amide bonds. The van der Waals surface area contributed by atoms with Crippen molar-refractivity contribution in [1.29, 1.82) is 0 Å². The summed E-state index contributed by atoms with van der Waals surface area (Å²) >= 11 is 0. The van der Waals surface area contributed by atoms with E-state index in [4.69, 9.17) is 4.74 Å². The molecule has 23 heavy (non-hydrogen) atoms. The molecule has 2 rings (SSSR count). The molecule has 0 aromatic heterocycles. The second-order valence-corrected chi connectivity index (χ2v) is 6.01. The number of hydrogen-bond acceptors (Lipinski definition) is 3. The van der Waals surface area contributed by atoms with Crippen LogP contribution in [0.2, 0.25) is 0 Å². The molecular weight excluding hydrogens is 302 g/mol. The molecule has 2 aromatic rings. The van der Waals surface area contributed by atoms with Crippen LogP contribution in [0.1, 0.15) is 25.0 Å². The summed E-state index contributed by atoms with van der Waals surface area (Å²) in [5, 5.41) is 19.5. The van der Waals surface area contributed by atoms with E-state index in [0.29, 0.717) is 0 Å². The van der Waals surface area contributed by atoms with Gasteiger partial charge in [-0.25, -0.2) is 8.78 Å². The van der Waals surface area contributed by atoms with Crippen LogP contribution in [0, 0.1) is 11.6 Å². The standard InChI is InChI=1S/C18H20F2O3/c1-18(2,22)17(21)10-14-15(19)8-13(9-16(14)20)23-11-12-6-4-3-5-7-12/h3-9,17,21-22H,10-11H2,1-2H3/t17-/m1/s1. The lowest BCUT2D eigenvalue weighted by atomic mass is 9.95. The highest BCUT2D eigenvalue weighted by molar-refractivity contribution is 5.31. The van der Waals surface area contributed by atoms with E-state index in [2.05, 4.69) is 0 Å². The predicted octanol–water partition coefficient (Wildman–Crippen LogP) is 3.22. The first-order valence-corrected chi connectivity index (χ1v) is 7.32. The third kappa shape index (κ3) is 4.74. The number of ether oxygens (including phenoxy) is 1. The Labute approximate surface area is 134 Å². The molecule has 0 unspecified atom stereocenters. The number of aliphatic hydroxyl groups excluding tert-OH is 1. The van der Waals surface area contributed by atoms with Gasteiger partial charge < -0.3 is 14.9 Å². The Kier molecular flexibility index (Phi) is 5.34. The second kappa shape index (κ2) is 7.06. The molecule has 0 saturated heterocycles. The molecule has 0 saturated carbocycles. The van der Waals surface area contributed by atoms with Gasteiger partial charge in [0.15, 0.2) is 0 Å². The zero-order chi connectivity index (χ0) is 17.0. The van der Waals surface area contributed by atoms with Gasteiger partial charge in [0.25, 0.3) is 0 Å². The van der Waals surface area contributed by atoms with Crippen molar-refractivity contribution in [1.82, 2.24) is 0 Å². The Balaban J connectivity index is 2.11. The van der Waals surface area contributed by atoms with Crippen LogP contribution in [-0.4, -0.2) is 21.9 Å². The summed E-state index contributed by atoms with van der Waals surface area (Å²) in [6, 6.07) is 11.4. The quantitative estimate of drug-likeness (QED) is 0.858. The molecule has 0 aliphatic rings. The van der Waals surface area contributed by atoms with Crippen molar-refractivity contribution in [3.8, 4) is 5.75 Å². The number of halogens is 2. The zero-order valence-corrected chi connectivity index (χ0v) is 13.1. The molecule has 1 atom stereocenters. The molecule has 2 aromatic carbocycles. The Bertz CT molecular complexity index is 628. The van der Waals surface area contributed by atoms with Gasteiger partial charge in [0.2, 0.25) is 0 Å². The molecule has 3 nitrogen and oxygen atoms in total. The van der Waals surface area contributed by atoms with Gasteiger partial charge in [0.05, 0.1) is 11.7 Å². The Morgan fingerprint density at radius 1 is 1.09 bits per heavy atom. The van der Waals surface area contributed by atoms with E-state index in [0.717, 1.165) is 17.7 Å². The molecule has 0 heterocycles. The maximum absolute atomic E-state index is 14.1. The molecule has 0 radical (unpaired) electrons. The minimum atomic E-state index is -1.44. The van der Waals surface area contributed by atoms with E-state index in [1.54, 1.807) is 0 Å². The van der Waals surface area contributed by atoms with E-state index in [1.807, 2.05) is 30.3 Å². The fraction of sp³-hybridized carbons (Fsp3) is 0.333. The van der Waals surface area contributed by atoms with Crippen LogP contribution in [0.4, 0.5) is 8.78 Å². The lowest BCUT2D eigenvalue weighted by Gasteiger charge is -2.24. The number of hydrogen-bond donors (Lipinski definition) is 2. The minimum Gasteiger partial charge on any atom is -0.489 e. The molecule has 0 fully saturated rings. The first-order chi connectivity index (χ1) is 10.8. The molecule has 5 heteroatoms. The molecule has 0 aliphatic heterocycles. The van der Waals surface area contributed by atoms with E-state index in [1.165, 1.54) is 13.8 Å². The second-order valence-electron chi connectivity index (χ2n) is 6.01. The largest absolute Gasteiger partial charge is 0.489 e. The van der Waals surface area contributed by atoms with Crippen molar-refractivity contribution in [2.45, 2.75) is 38.6 Å². The van der Waals surface area contributed by atoms with Crippen LogP contribution >= 0.6 is 0 Å². The highest BCUT2D eigenvalue weighted by Crippen LogP contribution is 2.24. The lowest BCUT2D eigenvalue weighted by Crippen LogP contribution is -2.37. The zero-order valence-electron chi connectivity index (χ0n) is 13.1. The summed E-state index contributed by atoms with van der Waals surface area (Å²) in [6.07, 6.45) is -1.59. The summed E-state index contributed by atoms with van der Waals surface area (Å²) in [5.41, 5.74) is -0.831. The fourth-order valence-electron chi connectivity index (χ4n) is 2.04. The van der Waals surface area contributed by atoms with Gasteiger partial charge in [-0.15, -0.1) is 0 Å². The van der Waals surface area contributed by atoms with Gasteiger partial charge >= 0.3 is 0 Å². The van der Waals surface area contributed by atoms with E-state index >= 15 is 0 Å². The highest BCUT2D eigenvalue weighted by Gasteiger charge is 2.27. The van der Waals surface area contributed by atoms with E-state index < -0.39 is 23.3 Å². The molecule has 0 aliphatic carbocycles. The van der Waals surface area contributed by atoms with Crippen LogP contribution in [-0.2, 0) is 13.0 Å². The Hall–Kier alpha value is -1.98. The maximum Gasteiger partial charge on any atom is 0.133 e. The van der Waals surface area contributed by atoms with E-state index in [-0.39, 0.29) is 24.3 Å². The molecular formula is C18H20F2O3. The van der Waals surface area contributed by atoms with Crippen molar-refractivity contribution >= 4 is 0 Å². The maximum atomic E-state index is 14.1. The van der Waals surface area contributed by atoms with Crippen LogP contribution < -0.4 is 4.74 Å². The Morgan fingerprint density at radius 2 is 1.65 bits per heavy atom. The first kappa shape index (κ1) is 17.4. The van der Waals surface area contributed by atoms with E-state index in [9.17, 15) is 19.0 Å². The summed E-state index contributed by atoms with van der Waals surface area (Å²) in [5.74, 6) is -1.54. The van der Waals surface area contributed by atoms with Crippen LogP contribution in [0.5, 0.6) is 5.75 Å². The summed E-state index contributed by atoms with van der Waals surface area (Å²) < 4.78 is 33.5. The van der Waals surface area contributed by atoms with Crippen LogP contribution in [0.3, 0.4) is 0 Å². The van der Waals surface area contributed by atoms with Crippen molar-refractivity contribution in [2.24, 2.45) is 0 Å². The third-order valence-corrected chi connectivity index (χ3v) is 3.58. The molecule has 0 bridgehead atoms. The molecule has 0 spiro atoms. The molecule has 124 valence electrons. The van der Waals surface area contributed by atoms with Crippen molar-refractivity contribution in [3.05, 3.63) is 65.2 Å². The topological polar surface area (TPSA) is 49.7 Å². The van der Waals surface area contributed by atoms with Crippen molar-refractivity contribution < 1.29 is 23.7 Å². The molecule has 2 N–H and O–H groups in total. The monoisotopic (exact) mass is 322 g/mol. The smallest absolute Gasteiger partial charge is 0.133 e. The van der Waals surface area contributed by atoms with Crippen molar-refractivity contribution in [3.63, 3.8) is 0 Å². The Morgan fingerprint density at radius 3 is 2.17 bits per heavy atom. The van der Waals surface area contributed by atoms with Gasteiger partial charge in [0, 0.05) is 24.1 Å². The minimum absolute atomic E-state index is 0.0744. The fourth-order valence-corrected chi connectivity index (χ4v) is 2.04. The normalized spacial score (nSPS) is 13.0. The van der Waals surface area contributed by atoms with Gasteiger partial charge in [-0.05, 0) is 19.4 Å². The average Bonchev–Trinajstić information content (AvgIpc) is 2.48. The van der Waals surface area contributed by atoms with Gasteiger partial charge in [-0.2, -0.15) is 0 Å². The van der Waals surface area contributed by atoms with Gasteiger partial charge in [0.1, 0.15) is 24.0 Å². The van der Waals surface area contributed by atoms with Crippen LogP contribution in [0.25, 0.3) is 0 Å². The van der Waals surface area contributed by atoms with Crippen molar-refractivity contribution in [2.75, 3.05) is 0 Å². The van der Waals surface area contributed by atoms with Gasteiger partial charge in [-0.1, -0.05) is 30.3 Å². The van der Waals surface area contributed by atoms with Gasteiger partial charge in [-0.3, -0.25) is 0 Å². The number of benzene rings is 2. The van der Waals surface area contributed by atoms with Crippen LogP contribution in [0.15, 0.2) is 42.5 Å². The predicted molar refractivity (Wildman–Crippen MR) is 83.1 cm³/mol. The SMILES string of the molecule is CC(C)(O)[C@H](O)Cc1c(F)cc(OCc2ccccc2)cc1F. The highest BCUT2D eigenvalue weighted by atomic mass is 19.1. The number of aliphatic hydroxyl groups is 2.